The molecule has 7 nitrogen and oxygen atoms in total. The van der Waals surface area contributed by atoms with Gasteiger partial charge in [0.25, 0.3) is 0 Å². The van der Waals surface area contributed by atoms with Crippen LogP contribution in [-0.4, -0.2) is 53.0 Å². The van der Waals surface area contributed by atoms with Gasteiger partial charge in [0.05, 0.1) is 11.5 Å². The number of thioether (sulfide) groups is 1. The molecule has 8 heteroatoms. The summed E-state index contributed by atoms with van der Waals surface area (Å²) in [6, 6.07) is 7.94. The van der Waals surface area contributed by atoms with Crippen molar-refractivity contribution in [3.63, 3.8) is 0 Å². The lowest BCUT2D eigenvalue weighted by atomic mass is 10.2. The van der Waals surface area contributed by atoms with Gasteiger partial charge in [-0.25, -0.2) is 0 Å². The summed E-state index contributed by atoms with van der Waals surface area (Å²) in [7, 11) is 0. The Morgan fingerprint density at radius 1 is 1.33 bits per heavy atom. The van der Waals surface area contributed by atoms with Crippen molar-refractivity contribution in [2.75, 3.05) is 24.5 Å². The molecule has 0 radical (unpaired) electrons. The van der Waals surface area contributed by atoms with Crippen LogP contribution in [0, 0.1) is 0 Å². The molecular formula is C19H23N4O3S-. The lowest BCUT2D eigenvalue weighted by molar-refractivity contribution is -0.305. The average molecular weight is 387 g/mol. The predicted octanol–water partition coefficient (Wildman–Crippen LogP) is 1.49. The van der Waals surface area contributed by atoms with Crippen LogP contribution in [0.15, 0.2) is 47.1 Å². The van der Waals surface area contributed by atoms with Crippen LogP contribution >= 0.6 is 11.8 Å². The maximum atomic E-state index is 12.3. The summed E-state index contributed by atoms with van der Waals surface area (Å²) < 4.78 is 0. The third-order valence-electron chi connectivity index (χ3n) is 4.06. The molecular weight excluding hydrogens is 364 g/mol. The largest absolute Gasteiger partial charge is 0.550 e. The van der Waals surface area contributed by atoms with Gasteiger partial charge in [-0.05, 0) is 31.5 Å². The van der Waals surface area contributed by atoms with E-state index in [4.69, 9.17) is 0 Å². The van der Waals surface area contributed by atoms with Crippen molar-refractivity contribution in [3.05, 3.63) is 42.5 Å². The summed E-state index contributed by atoms with van der Waals surface area (Å²) in [5.74, 6) is -1.58. The van der Waals surface area contributed by atoms with E-state index >= 15 is 0 Å². The normalized spacial score (nSPS) is 18.4. The summed E-state index contributed by atoms with van der Waals surface area (Å²) in [4.78, 5) is 26.7. The zero-order valence-electron chi connectivity index (χ0n) is 15.5. The van der Waals surface area contributed by atoms with Crippen LogP contribution in [0.2, 0.25) is 0 Å². The van der Waals surface area contributed by atoms with E-state index < -0.39 is 11.2 Å². The summed E-state index contributed by atoms with van der Waals surface area (Å²) >= 11 is 1.08. The smallest absolute Gasteiger partial charge is 0.242 e. The Hall–Kier alpha value is -2.61. The monoisotopic (exact) mass is 387 g/mol. The second-order valence-electron chi connectivity index (χ2n) is 5.81. The number of benzene rings is 1. The molecule has 0 spiro atoms. The minimum Gasteiger partial charge on any atom is -0.550 e. The number of carbonyl (C=O) groups is 2. The minimum absolute atomic E-state index is 0.252. The predicted molar refractivity (Wildman–Crippen MR) is 108 cm³/mol. The van der Waals surface area contributed by atoms with E-state index in [1.807, 2.05) is 24.3 Å². The highest BCUT2D eigenvalue weighted by Crippen LogP contribution is 2.29. The number of carbonyl (C=O) groups excluding carboxylic acids is 2. The van der Waals surface area contributed by atoms with Crippen molar-refractivity contribution in [2.24, 2.45) is 10.2 Å². The van der Waals surface area contributed by atoms with E-state index in [2.05, 4.69) is 35.5 Å². The average Bonchev–Trinajstić information content (AvgIpc) is 2.93. The lowest BCUT2D eigenvalue weighted by Crippen LogP contribution is -2.35. The summed E-state index contributed by atoms with van der Waals surface area (Å²) in [6.07, 6.45) is 2.81. The molecule has 1 amide bonds. The fourth-order valence-electron chi connectivity index (χ4n) is 2.67. The number of rotatable bonds is 9. The highest BCUT2D eigenvalue weighted by atomic mass is 32.2. The lowest BCUT2D eigenvalue weighted by Gasteiger charge is -2.20. The molecule has 1 fully saturated rings. The molecule has 1 saturated heterocycles. The Morgan fingerprint density at radius 3 is 2.56 bits per heavy atom. The molecule has 1 aromatic rings. The van der Waals surface area contributed by atoms with Crippen molar-refractivity contribution in [1.29, 1.82) is 0 Å². The van der Waals surface area contributed by atoms with Crippen LogP contribution in [0.1, 0.15) is 25.8 Å². The van der Waals surface area contributed by atoms with Gasteiger partial charge in [-0.3, -0.25) is 9.69 Å². The van der Waals surface area contributed by atoms with E-state index in [0.717, 1.165) is 36.1 Å². The summed E-state index contributed by atoms with van der Waals surface area (Å²) in [5.41, 5.74) is 2.02. The molecule has 1 aliphatic rings. The van der Waals surface area contributed by atoms with E-state index in [0.29, 0.717) is 5.17 Å². The topological polar surface area (TPSA) is 88.4 Å². The zero-order chi connectivity index (χ0) is 19.8. The SMILES string of the molecule is C=CCN1C(=O)[C@@H](CC(=O)[O-])S/C1=N\N=C/c1ccc(N(CC)CC)cc1. The highest BCUT2D eigenvalue weighted by Gasteiger charge is 2.37. The summed E-state index contributed by atoms with van der Waals surface area (Å²) in [6.45, 7) is 9.96. The second kappa shape index (κ2) is 9.91. The van der Waals surface area contributed by atoms with Crippen LogP contribution < -0.4 is 10.0 Å². The van der Waals surface area contributed by atoms with Gasteiger partial charge in [-0.15, -0.1) is 11.7 Å². The van der Waals surface area contributed by atoms with E-state index in [1.54, 1.807) is 12.3 Å². The van der Waals surface area contributed by atoms with E-state index in [9.17, 15) is 14.7 Å². The number of hydrogen-bond donors (Lipinski definition) is 0. The molecule has 27 heavy (non-hydrogen) atoms. The van der Waals surface area contributed by atoms with Crippen LogP contribution in [0.3, 0.4) is 0 Å². The standard InChI is InChI=1S/C19H24N4O3S/c1-4-11-23-18(26)16(12-17(24)25)27-19(23)21-20-13-14-7-9-15(10-8-14)22(5-2)6-3/h4,7-10,13,16H,1,5-6,11-12H2,2-3H3,(H,24,25)/p-1/b20-13-,21-19-/t16-/m1/s1. The molecule has 0 aliphatic carbocycles. The Morgan fingerprint density at radius 2 is 2.00 bits per heavy atom. The Labute approximate surface area is 163 Å². The number of anilines is 1. The Balaban J connectivity index is 2.11. The minimum atomic E-state index is -1.27. The first kappa shape index (κ1) is 20.7. The van der Waals surface area contributed by atoms with Gasteiger partial charge >= 0.3 is 0 Å². The first-order valence-corrected chi connectivity index (χ1v) is 9.62. The van der Waals surface area contributed by atoms with Crippen molar-refractivity contribution >= 4 is 40.7 Å². The van der Waals surface area contributed by atoms with E-state index in [-0.39, 0.29) is 18.9 Å². The van der Waals surface area contributed by atoms with Gasteiger partial charge in [-0.1, -0.05) is 30.0 Å². The number of aliphatic carboxylic acids is 1. The fourth-order valence-corrected chi connectivity index (χ4v) is 3.76. The highest BCUT2D eigenvalue weighted by molar-refractivity contribution is 8.15. The van der Waals surface area contributed by atoms with Crippen LogP contribution in [0.5, 0.6) is 0 Å². The molecule has 0 unspecified atom stereocenters. The van der Waals surface area contributed by atoms with Crippen LogP contribution in [0.4, 0.5) is 5.69 Å². The van der Waals surface area contributed by atoms with Gasteiger partial charge in [0.2, 0.25) is 5.91 Å². The van der Waals surface area contributed by atoms with Gasteiger partial charge in [0.1, 0.15) is 0 Å². The van der Waals surface area contributed by atoms with Crippen molar-refractivity contribution in [1.82, 2.24) is 4.90 Å². The number of carboxylic acid groups (broad SMARTS) is 1. The maximum absolute atomic E-state index is 12.3. The van der Waals surface area contributed by atoms with Gasteiger partial charge < -0.3 is 14.8 Å². The zero-order valence-corrected chi connectivity index (χ0v) is 16.3. The van der Waals surface area contributed by atoms with Crippen LogP contribution in [-0.2, 0) is 9.59 Å². The molecule has 0 saturated carbocycles. The quantitative estimate of drug-likeness (QED) is 0.364. The molecule has 2 rings (SSSR count). The molecule has 1 heterocycles. The van der Waals surface area contributed by atoms with E-state index in [1.165, 1.54) is 4.90 Å². The van der Waals surface area contributed by atoms with Crippen molar-refractivity contribution < 1.29 is 14.7 Å². The molecule has 144 valence electrons. The number of amidine groups is 1. The Kier molecular flexibility index (Phi) is 7.60. The first-order valence-electron chi connectivity index (χ1n) is 8.74. The molecule has 1 aromatic carbocycles. The third kappa shape index (κ3) is 5.43. The number of nitrogens with zero attached hydrogens (tertiary/aromatic N) is 4. The molecule has 0 aromatic heterocycles. The fraction of sp³-hybridized carbons (Fsp3) is 0.368. The second-order valence-corrected chi connectivity index (χ2v) is 6.98. The molecule has 1 aliphatic heterocycles. The van der Waals surface area contributed by atoms with Gasteiger partial charge in [0, 0.05) is 37.7 Å². The maximum Gasteiger partial charge on any atom is 0.242 e. The van der Waals surface area contributed by atoms with Crippen LogP contribution in [0.25, 0.3) is 0 Å². The molecule has 0 bridgehead atoms. The van der Waals surface area contributed by atoms with Crippen molar-refractivity contribution in [2.45, 2.75) is 25.5 Å². The third-order valence-corrected chi connectivity index (χ3v) is 5.22. The van der Waals surface area contributed by atoms with Gasteiger partial charge in [-0.2, -0.15) is 5.10 Å². The summed E-state index contributed by atoms with van der Waals surface area (Å²) in [5, 5.41) is 18.6. The molecule has 0 N–H and O–H groups in total. The molecule has 1 atom stereocenters. The number of carboxylic acids is 1. The Bertz CT molecular complexity index is 742. The number of hydrogen-bond acceptors (Lipinski definition) is 7. The van der Waals surface area contributed by atoms with Crippen molar-refractivity contribution in [3.8, 4) is 0 Å². The van der Waals surface area contributed by atoms with Gasteiger partial charge in [0.15, 0.2) is 5.17 Å². The first-order chi connectivity index (χ1) is 13.0. The number of amides is 1.